The molecule has 0 bridgehead atoms. The normalized spacial score (nSPS) is 32.8. The van der Waals surface area contributed by atoms with E-state index in [1.807, 2.05) is 0 Å². The maximum Gasteiger partial charge on any atom is 0.0694 e. The number of halogens is 2. The van der Waals surface area contributed by atoms with Gasteiger partial charge in [0, 0.05) is 38.6 Å². The molecule has 1 saturated heterocycles. The fourth-order valence-electron chi connectivity index (χ4n) is 3.39. The van der Waals surface area contributed by atoms with Gasteiger partial charge in [0.2, 0.25) is 0 Å². The Kier molecular flexibility index (Phi) is 3.23. The summed E-state index contributed by atoms with van der Waals surface area (Å²) < 4.78 is 8.02. The Morgan fingerprint density at radius 2 is 2.11 bits per heavy atom. The van der Waals surface area contributed by atoms with Crippen molar-refractivity contribution in [3.63, 3.8) is 0 Å². The molecule has 4 heteroatoms. The lowest BCUT2D eigenvalue weighted by Crippen LogP contribution is -2.63. The van der Waals surface area contributed by atoms with Crippen molar-refractivity contribution in [1.29, 1.82) is 0 Å². The lowest BCUT2D eigenvalue weighted by atomic mass is 9.57. The standard InChI is InChI=1S/C14H17Br2NO/c1-14(2)12(9-5-6-18-13(9)14)17-11-4-3-8(15)7-10(11)16/h3-4,7,9,12-13,17H,5-6H2,1-2H3. The Balaban J connectivity index is 1.80. The van der Waals surface area contributed by atoms with Crippen LogP contribution in [0.5, 0.6) is 0 Å². The maximum absolute atomic E-state index is 5.83. The van der Waals surface area contributed by atoms with Crippen LogP contribution in [-0.2, 0) is 4.74 Å². The fraction of sp³-hybridized carbons (Fsp3) is 0.571. The molecule has 1 saturated carbocycles. The van der Waals surface area contributed by atoms with Crippen molar-refractivity contribution in [3.8, 4) is 0 Å². The smallest absolute Gasteiger partial charge is 0.0694 e. The molecule has 1 N–H and O–H groups in total. The van der Waals surface area contributed by atoms with Crippen LogP contribution in [0, 0.1) is 11.3 Å². The van der Waals surface area contributed by atoms with E-state index >= 15 is 0 Å². The lowest BCUT2D eigenvalue weighted by molar-refractivity contribution is -0.0923. The number of hydrogen-bond donors (Lipinski definition) is 1. The second-order valence-corrected chi connectivity index (χ2v) is 7.58. The number of benzene rings is 1. The molecule has 1 aromatic carbocycles. The average Bonchev–Trinajstić information content (AvgIpc) is 2.74. The van der Waals surface area contributed by atoms with Gasteiger partial charge in [-0.2, -0.15) is 0 Å². The summed E-state index contributed by atoms with van der Waals surface area (Å²) in [7, 11) is 0. The SMILES string of the molecule is CC1(C)C(Nc2ccc(Br)cc2Br)C2CCOC21. The third-order valence-corrected chi connectivity index (χ3v) is 5.49. The molecule has 2 nitrogen and oxygen atoms in total. The summed E-state index contributed by atoms with van der Waals surface area (Å²) in [6.45, 7) is 5.51. The van der Waals surface area contributed by atoms with Crippen LogP contribution in [0.1, 0.15) is 20.3 Å². The molecule has 0 aromatic heterocycles. The van der Waals surface area contributed by atoms with Crippen LogP contribution in [0.3, 0.4) is 0 Å². The van der Waals surface area contributed by atoms with Crippen LogP contribution >= 0.6 is 31.9 Å². The van der Waals surface area contributed by atoms with Crippen molar-refractivity contribution in [3.05, 3.63) is 27.1 Å². The van der Waals surface area contributed by atoms with Gasteiger partial charge in [0.05, 0.1) is 6.10 Å². The molecule has 3 unspecified atom stereocenters. The number of rotatable bonds is 2. The molecule has 0 radical (unpaired) electrons. The zero-order valence-electron chi connectivity index (χ0n) is 10.5. The molecule has 3 atom stereocenters. The van der Waals surface area contributed by atoms with E-state index in [0.29, 0.717) is 18.1 Å². The van der Waals surface area contributed by atoms with Gasteiger partial charge in [0.25, 0.3) is 0 Å². The first-order chi connectivity index (χ1) is 8.50. The van der Waals surface area contributed by atoms with Gasteiger partial charge in [-0.15, -0.1) is 0 Å². The number of anilines is 1. The Bertz CT molecular complexity index is 475. The summed E-state index contributed by atoms with van der Waals surface area (Å²) in [4.78, 5) is 0. The van der Waals surface area contributed by atoms with Gasteiger partial charge in [0.1, 0.15) is 0 Å². The quantitative estimate of drug-likeness (QED) is 0.826. The zero-order chi connectivity index (χ0) is 12.9. The van der Waals surface area contributed by atoms with Crippen molar-refractivity contribution in [2.45, 2.75) is 32.4 Å². The minimum Gasteiger partial charge on any atom is -0.380 e. The van der Waals surface area contributed by atoms with Crippen molar-refractivity contribution >= 4 is 37.5 Å². The fourth-order valence-corrected chi connectivity index (χ4v) is 4.55. The summed E-state index contributed by atoms with van der Waals surface area (Å²) in [5.74, 6) is 0.663. The van der Waals surface area contributed by atoms with Crippen LogP contribution in [-0.4, -0.2) is 18.8 Å². The minimum absolute atomic E-state index is 0.216. The first-order valence-corrected chi connectivity index (χ1v) is 7.92. The van der Waals surface area contributed by atoms with Gasteiger partial charge >= 0.3 is 0 Å². The van der Waals surface area contributed by atoms with E-state index in [1.54, 1.807) is 0 Å². The molecular weight excluding hydrogens is 358 g/mol. The minimum atomic E-state index is 0.216. The molecule has 2 fully saturated rings. The number of hydrogen-bond acceptors (Lipinski definition) is 2. The molecule has 98 valence electrons. The first kappa shape index (κ1) is 12.9. The summed E-state index contributed by atoms with van der Waals surface area (Å²) in [5, 5.41) is 3.69. The van der Waals surface area contributed by atoms with Crippen molar-refractivity contribution in [2.24, 2.45) is 11.3 Å². The lowest BCUT2D eigenvalue weighted by Gasteiger charge is -2.55. The van der Waals surface area contributed by atoms with E-state index < -0.39 is 0 Å². The zero-order valence-corrected chi connectivity index (χ0v) is 13.7. The van der Waals surface area contributed by atoms with Crippen LogP contribution in [0.15, 0.2) is 27.1 Å². The highest BCUT2D eigenvalue weighted by atomic mass is 79.9. The predicted molar refractivity (Wildman–Crippen MR) is 80.9 cm³/mol. The molecule has 1 heterocycles. The molecule has 1 aromatic rings. The maximum atomic E-state index is 5.83. The van der Waals surface area contributed by atoms with E-state index in [1.165, 1.54) is 12.1 Å². The number of ether oxygens (including phenoxy) is 1. The molecule has 0 amide bonds. The summed E-state index contributed by atoms with van der Waals surface area (Å²) in [6.07, 6.45) is 1.61. The van der Waals surface area contributed by atoms with E-state index in [0.717, 1.165) is 15.6 Å². The van der Waals surface area contributed by atoms with Crippen LogP contribution in [0.4, 0.5) is 5.69 Å². The third kappa shape index (κ3) is 1.93. The molecule has 1 aliphatic heterocycles. The predicted octanol–water partition coefficient (Wildman–Crippen LogP) is 4.44. The molecule has 0 spiro atoms. The summed E-state index contributed by atoms with van der Waals surface area (Å²) in [6, 6.07) is 6.77. The monoisotopic (exact) mass is 373 g/mol. The third-order valence-electron chi connectivity index (χ3n) is 4.34. The van der Waals surface area contributed by atoms with Gasteiger partial charge in [-0.05, 0) is 40.5 Å². The van der Waals surface area contributed by atoms with E-state index in [2.05, 4.69) is 69.2 Å². The largest absolute Gasteiger partial charge is 0.380 e. The topological polar surface area (TPSA) is 21.3 Å². The Hall–Kier alpha value is -0.0600. The van der Waals surface area contributed by atoms with E-state index in [-0.39, 0.29) is 5.41 Å². The highest BCUT2D eigenvalue weighted by Crippen LogP contribution is 2.53. The van der Waals surface area contributed by atoms with Gasteiger partial charge in [-0.3, -0.25) is 0 Å². The molecule has 2 aliphatic rings. The Morgan fingerprint density at radius 1 is 1.33 bits per heavy atom. The van der Waals surface area contributed by atoms with Gasteiger partial charge < -0.3 is 10.1 Å². The van der Waals surface area contributed by atoms with Gasteiger partial charge in [-0.1, -0.05) is 29.8 Å². The number of nitrogens with one attached hydrogen (secondary N) is 1. The van der Waals surface area contributed by atoms with Crippen molar-refractivity contribution in [2.75, 3.05) is 11.9 Å². The number of fused-ring (bicyclic) bond motifs is 1. The van der Waals surface area contributed by atoms with E-state index in [9.17, 15) is 0 Å². The summed E-state index contributed by atoms with van der Waals surface area (Å²) >= 11 is 7.10. The molecule has 18 heavy (non-hydrogen) atoms. The average molecular weight is 375 g/mol. The molecule has 1 aliphatic carbocycles. The highest BCUT2D eigenvalue weighted by Gasteiger charge is 2.59. The van der Waals surface area contributed by atoms with Crippen molar-refractivity contribution < 1.29 is 4.74 Å². The van der Waals surface area contributed by atoms with Crippen molar-refractivity contribution in [1.82, 2.24) is 0 Å². The van der Waals surface area contributed by atoms with Gasteiger partial charge in [-0.25, -0.2) is 0 Å². The second-order valence-electron chi connectivity index (χ2n) is 5.81. The second kappa shape index (κ2) is 4.50. The highest BCUT2D eigenvalue weighted by molar-refractivity contribution is 9.11. The molecular formula is C14H17Br2NO. The van der Waals surface area contributed by atoms with Crippen LogP contribution in [0.25, 0.3) is 0 Å². The van der Waals surface area contributed by atoms with Gasteiger partial charge in [0.15, 0.2) is 0 Å². The van der Waals surface area contributed by atoms with Crippen LogP contribution < -0.4 is 5.32 Å². The van der Waals surface area contributed by atoms with E-state index in [4.69, 9.17) is 4.74 Å². The Morgan fingerprint density at radius 3 is 2.83 bits per heavy atom. The Labute approximate surface area is 125 Å². The summed E-state index contributed by atoms with van der Waals surface area (Å²) in [5.41, 5.74) is 1.38. The first-order valence-electron chi connectivity index (χ1n) is 6.33. The van der Waals surface area contributed by atoms with Crippen LogP contribution in [0.2, 0.25) is 0 Å². The molecule has 3 rings (SSSR count).